The fraction of sp³-hybridized carbons (Fsp3) is 0.300. The Labute approximate surface area is 78.1 Å². The van der Waals surface area contributed by atoms with Gasteiger partial charge >= 0.3 is 0 Å². The molecule has 1 N–H and O–H groups in total. The van der Waals surface area contributed by atoms with Gasteiger partial charge in [-0.05, 0) is 13.1 Å². The zero-order chi connectivity index (χ0) is 9.52. The Morgan fingerprint density at radius 2 is 2.38 bits per heavy atom. The molecule has 3 nitrogen and oxygen atoms in total. The molecule has 0 radical (unpaired) electrons. The molecular weight excluding hydrogens is 164 g/mol. The van der Waals surface area contributed by atoms with Crippen LogP contribution in [-0.4, -0.2) is 25.7 Å². The third-order valence-electron chi connectivity index (χ3n) is 1.45. The second-order valence-corrected chi connectivity index (χ2v) is 2.45. The van der Waals surface area contributed by atoms with Gasteiger partial charge in [-0.2, -0.15) is 0 Å². The molecule has 0 amide bonds. The van der Waals surface area contributed by atoms with Crippen LogP contribution in [-0.2, 0) is 0 Å². The predicted molar refractivity (Wildman–Crippen MR) is 51.6 cm³/mol. The van der Waals surface area contributed by atoms with E-state index in [2.05, 4.69) is 22.1 Å². The molecule has 0 aliphatic heterocycles. The minimum absolute atomic E-state index is 0.678. The van der Waals surface area contributed by atoms with Crippen molar-refractivity contribution in [3.05, 3.63) is 24.0 Å². The number of nitrogens with one attached hydrogen (secondary N) is 1. The first-order valence-corrected chi connectivity index (χ1v) is 3.99. The van der Waals surface area contributed by atoms with Crippen LogP contribution in [0.5, 0.6) is 5.75 Å². The van der Waals surface area contributed by atoms with Gasteiger partial charge in [0.15, 0.2) is 0 Å². The molecular formula is C10H12N2O. The average Bonchev–Trinajstić information content (AvgIpc) is 2.19. The highest BCUT2D eigenvalue weighted by atomic mass is 16.5. The summed E-state index contributed by atoms with van der Waals surface area (Å²) in [6.07, 6.45) is 3.37. The van der Waals surface area contributed by atoms with Crippen molar-refractivity contribution in [1.29, 1.82) is 0 Å². The Hall–Kier alpha value is -1.53. The van der Waals surface area contributed by atoms with Crippen LogP contribution in [0.2, 0.25) is 0 Å². The Balaban J connectivity index is 2.73. The fourth-order valence-corrected chi connectivity index (χ4v) is 0.833. The quantitative estimate of drug-likeness (QED) is 0.672. The lowest BCUT2D eigenvalue weighted by atomic mass is 10.3. The third kappa shape index (κ3) is 3.14. The van der Waals surface area contributed by atoms with Crippen molar-refractivity contribution in [1.82, 2.24) is 10.3 Å². The van der Waals surface area contributed by atoms with Gasteiger partial charge in [-0.15, -0.1) is 0 Å². The van der Waals surface area contributed by atoms with E-state index in [1.165, 1.54) is 0 Å². The molecule has 0 atom stereocenters. The molecule has 1 aromatic rings. The lowest BCUT2D eigenvalue weighted by molar-refractivity contribution is 0.413. The van der Waals surface area contributed by atoms with Gasteiger partial charge in [0.2, 0.25) is 0 Å². The highest BCUT2D eigenvalue weighted by Gasteiger charge is 1.91. The van der Waals surface area contributed by atoms with Crippen molar-refractivity contribution in [2.45, 2.75) is 0 Å². The zero-order valence-electron chi connectivity index (χ0n) is 7.79. The van der Waals surface area contributed by atoms with Crippen LogP contribution in [0.3, 0.4) is 0 Å². The molecule has 0 unspecified atom stereocenters. The summed E-state index contributed by atoms with van der Waals surface area (Å²) in [5, 5.41) is 2.94. The molecule has 1 rings (SSSR count). The molecule has 3 heteroatoms. The Morgan fingerprint density at radius 3 is 3.08 bits per heavy atom. The van der Waals surface area contributed by atoms with Gasteiger partial charge in [0.25, 0.3) is 0 Å². The maximum absolute atomic E-state index is 5.02. The molecule has 0 saturated heterocycles. The van der Waals surface area contributed by atoms with E-state index in [-0.39, 0.29) is 0 Å². The van der Waals surface area contributed by atoms with E-state index in [0.29, 0.717) is 6.54 Å². The predicted octanol–water partition coefficient (Wildman–Crippen LogP) is 0.661. The summed E-state index contributed by atoms with van der Waals surface area (Å²) in [4.78, 5) is 3.99. The van der Waals surface area contributed by atoms with Crippen molar-refractivity contribution in [3.8, 4) is 17.6 Å². The van der Waals surface area contributed by atoms with Gasteiger partial charge in [-0.1, -0.05) is 11.8 Å². The monoisotopic (exact) mass is 176 g/mol. The molecule has 68 valence electrons. The van der Waals surface area contributed by atoms with E-state index in [1.807, 2.05) is 13.1 Å². The first kappa shape index (κ1) is 9.56. The van der Waals surface area contributed by atoms with Gasteiger partial charge in [0.05, 0.1) is 19.9 Å². The minimum Gasteiger partial charge on any atom is -0.495 e. The Kier molecular flexibility index (Phi) is 3.80. The number of nitrogens with zero attached hydrogens (tertiary/aromatic N) is 1. The first-order valence-electron chi connectivity index (χ1n) is 3.99. The second-order valence-electron chi connectivity index (χ2n) is 2.45. The molecule has 0 bridgehead atoms. The number of rotatable bonds is 2. The number of pyridine rings is 1. The Bertz CT molecular complexity index is 325. The van der Waals surface area contributed by atoms with Crippen LogP contribution in [0, 0.1) is 11.8 Å². The highest BCUT2D eigenvalue weighted by molar-refractivity contribution is 5.36. The molecule has 0 saturated carbocycles. The molecule has 1 heterocycles. The van der Waals surface area contributed by atoms with Gasteiger partial charge in [0.1, 0.15) is 5.75 Å². The summed E-state index contributed by atoms with van der Waals surface area (Å²) in [5.74, 6) is 6.64. The van der Waals surface area contributed by atoms with Crippen LogP contribution < -0.4 is 10.1 Å². The highest BCUT2D eigenvalue weighted by Crippen LogP contribution is 2.08. The van der Waals surface area contributed by atoms with Crippen molar-refractivity contribution in [2.75, 3.05) is 20.7 Å². The summed E-state index contributed by atoms with van der Waals surface area (Å²) < 4.78 is 5.02. The topological polar surface area (TPSA) is 34.2 Å². The van der Waals surface area contributed by atoms with Crippen LogP contribution in [0.1, 0.15) is 5.56 Å². The fourth-order valence-electron chi connectivity index (χ4n) is 0.833. The lowest BCUT2D eigenvalue weighted by Gasteiger charge is -1.97. The maximum atomic E-state index is 5.02. The number of hydrogen-bond acceptors (Lipinski definition) is 3. The molecule has 13 heavy (non-hydrogen) atoms. The van der Waals surface area contributed by atoms with Crippen molar-refractivity contribution in [2.24, 2.45) is 0 Å². The molecule has 0 aromatic carbocycles. The lowest BCUT2D eigenvalue weighted by Crippen LogP contribution is -2.04. The largest absolute Gasteiger partial charge is 0.495 e. The summed E-state index contributed by atoms with van der Waals surface area (Å²) in [6.45, 7) is 0.678. The van der Waals surface area contributed by atoms with Crippen LogP contribution in [0.4, 0.5) is 0 Å². The summed E-state index contributed by atoms with van der Waals surface area (Å²) in [7, 11) is 3.47. The average molecular weight is 176 g/mol. The number of methoxy groups -OCH3 is 1. The molecule has 0 aliphatic carbocycles. The molecule has 1 aromatic heterocycles. The number of aromatic nitrogens is 1. The van der Waals surface area contributed by atoms with E-state index >= 15 is 0 Å². The minimum atomic E-state index is 0.678. The molecule has 0 aliphatic rings. The molecule has 0 spiro atoms. The summed E-state index contributed by atoms with van der Waals surface area (Å²) >= 11 is 0. The standard InChI is InChI=1S/C10H12N2O/c1-11-5-3-4-9-6-10(13-2)8-12-7-9/h6-8,11H,5H2,1-2H3. The van der Waals surface area contributed by atoms with Crippen molar-refractivity contribution < 1.29 is 4.74 Å². The van der Waals surface area contributed by atoms with E-state index in [0.717, 1.165) is 11.3 Å². The summed E-state index contributed by atoms with van der Waals surface area (Å²) in [5.41, 5.74) is 0.870. The van der Waals surface area contributed by atoms with Gasteiger partial charge in [0, 0.05) is 11.8 Å². The molecule has 0 fully saturated rings. The van der Waals surface area contributed by atoms with E-state index in [4.69, 9.17) is 4.74 Å². The van der Waals surface area contributed by atoms with Crippen LogP contribution in [0.25, 0.3) is 0 Å². The zero-order valence-corrected chi connectivity index (χ0v) is 7.79. The van der Waals surface area contributed by atoms with Crippen LogP contribution in [0.15, 0.2) is 18.5 Å². The maximum Gasteiger partial charge on any atom is 0.138 e. The number of ether oxygens (including phenoxy) is 1. The smallest absolute Gasteiger partial charge is 0.138 e. The van der Waals surface area contributed by atoms with Gasteiger partial charge in [-0.3, -0.25) is 4.98 Å². The third-order valence-corrected chi connectivity index (χ3v) is 1.45. The van der Waals surface area contributed by atoms with E-state index < -0.39 is 0 Å². The van der Waals surface area contributed by atoms with Gasteiger partial charge in [-0.25, -0.2) is 0 Å². The van der Waals surface area contributed by atoms with E-state index in [1.54, 1.807) is 19.5 Å². The normalized spacial score (nSPS) is 8.77. The van der Waals surface area contributed by atoms with Crippen molar-refractivity contribution >= 4 is 0 Å². The Morgan fingerprint density at radius 1 is 1.54 bits per heavy atom. The van der Waals surface area contributed by atoms with Gasteiger partial charge < -0.3 is 10.1 Å². The second kappa shape index (κ2) is 5.18. The van der Waals surface area contributed by atoms with Crippen molar-refractivity contribution in [3.63, 3.8) is 0 Å². The number of hydrogen-bond donors (Lipinski definition) is 1. The van der Waals surface area contributed by atoms with Crippen LogP contribution >= 0.6 is 0 Å². The first-order chi connectivity index (χ1) is 6.36. The van der Waals surface area contributed by atoms with E-state index in [9.17, 15) is 0 Å². The SMILES string of the molecule is CNCC#Cc1cncc(OC)c1. The summed E-state index contributed by atoms with van der Waals surface area (Å²) in [6, 6.07) is 1.86.